The van der Waals surface area contributed by atoms with Gasteiger partial charge in [0.1, 0.15) is 17.4 Å². The van der Waals surface area contributed by atoms with Gasteiger partial charge in [0.15, 0.2) is 5.78 Å². The van der Waals surface area contributed by atoms with Crippen LogP contribution in [0.5, 0.6) is 5.75 Å². The number of H-pyrrole nitrogens is 1. The lowest BCUT2D eigenvalue weighted by atomic mass is 10.0. The molecule has 0 aliphatic rings. The van der Waals surface area contributed by atoms with Crippen LogP contribution in [-0.2, 0) is 0 Å². The van der Waals surface area contributed by atoms with Crippen molar-refractivity contribution in [3.05, 3.63) is 65.4 Å². The second-order valence-electron chi connectivity index (χ2n) is 4.57. The number of nitrogens with one attached hydrogen (secondary N) is 1. The van der Waals surface area contributed by atoms with Gasteiger partial charge in [-0.1, -0.05) is 0 Å². The van der Waals surface area contributed by atoms with E-state index in [0.717, 1.165) is 6.07 Å². The summed E-state index contributed by atoms with van der Waals surface area (Å²) >= 11 is 0. The number of hydrogen-bond donors (Lipinski definition) is 1. The van der Waals surface area contributed by atoms with Crippen LogP contribution < -0.4 is 4.74 Å². The Morgan fingerprint density at radius 2 is 1.90 bits per heavy atom. The summed E-state index contributed by atoms with van der Waals surface area (Å²) in [6.07, 6.45) is 1.45. The molecule has 21 heavy (non-hydrogen) atoms. The van der Waals surface area contributed by atoms with Gasteiger partial charge in [-0.15, -0.1) is 0 Å². The summed E-state index contributed by atoms with van der Waals surface area (Å²) in [4.78, 5) is 15.3. The number of halogens is 2. The maximum atomic E-state index is 14.0. The number of aromatic amines is 1. The van der Waals surface area contributed by atoms with E-state index in [2.05, 4.69) is 4.98 Å². The first-order chi connectivity index (χ1) is 10.1. The molecule has 0 radical (unpaired) electrons. The number of aromatic nitrogens is 1. The first-order valence-corrected chi connectivity index (χ1v) is 6.25. The number of hydrogen-bond acceptors (Lipinski definition) is 2. The van der Waals surface area contributed by atoms with E-state index in [1.165, 1.54) is 43.6 Å². The van der Waals surface area contributed by atoms with Gasteiger partial charge in [0.2, 0.25) is 0 Å². The molecular formula is C16H11F2NO2. The maximum Gasteiger partial charge on any atom is 0.198 e. The molecule has 3 aromatic rings. The van der Waals surface area contributed by atoms with Crippen LogP contribution in [0.25, 0.3) is 10.9 Å². The van der Waals surface area contributed by atoms with E-state index < -0.39 is 17.4 Å². The van der Waals surface area contributed by atoms with Gasteiger partial charge in [0, 0.05) is 28.7 Å². The fraction of sp³-hybridized carbons (Fsp3) is 0.0625. The predicted octanol–water partition coefficient (Wildman–Crippen LogP) is 3.69. The van der Waals surface area contributed by atoms with Crippen LogP contribution in [0.2, 0.25) is 0 Å². The number of carbonyl (C=O) groups is 1. The molecule has 3 nitrogen and oxygen atoms in total. The van der Waals surface area contributed by atoms with Crippen molar-refractivity contribution in [2.45, 2.75) is 0 Å². The van der Waals surface area contributed by atoms with Gasteiger partial charge in [-0.05, 0) is 30.3 Å². The average molecular weight is 287 g/mol. The summed E-state index contributed by atoms with van der Waals surface area (Å²) in [6.45, 7) is 0. The van der Waals surface area contributed by atoms with E-state index in [-0.39, 0.29) is 11.1 Å². The summed E-state index contributed by atoms with van der Waals surface area (Å²) in [5.74, 6) is -1.31. The molecule has 1 aromatic heterocycles. The molecule has 0 fully saturated rings. The molecule has 2 aromatic carbocycles. The minimum Gasteiger partial charge on any atom is -0.497 e. The third-order valence-electron chi connectivity index (χ3n) is 3.31. The number of fused-ring (bicyclic) bond motifs is 1. The van der Waals surface area contributed by atoms with Gasteiger partial charge in [-0.3, -0.25) is 4.79 Å². The van der Waals surface area contributed by atoms with Crippen molar-refractivity contribution in [1.82, 2.24) is 4.98 Å². The Morgan fingerprint density at radius 3 is 2.62 bits per heavy atom. The highest BCUT2D eigenvalue weighted by Crippen LogP contribution is 2.24. The monoisotopic (exact) mass is 287 g/mol. The molecule has 3 rings (SSSR count). The summed E-state index contributed by atoms with van der Waals surface area (Å²) < 4.78 is 32.2. The first kappa shape index (κ1) is 13.3. The lowest BCUT2D eigenvalue weighted by Crippen LogP contribution is -2.04. The van der Waals surface area contributed by atoms with Gasteiger partial charge in [0.25, 0.3) is 0 Å². The number of ketones is 1. The quantitative estimate of drug-likeness (QED) is 0.746. The highest BCUT2D eigenvalue weighted by Gasteiger charge is 2.18. The molecule has 106 valence electrons. The zero-order valence-corrected chi connectivity index (χ0v) is 11.1. The van der Waals surface area contributed by atoms with Crippen molar-refractivity contribution in [3.63, 3.8) is 0 Å². The molecule has 0 amide bonds. The van der Waals surface area contributed by atoms with Crippen molar-refractivity contribution < 1.29 is 18.3 Å². The van der Waals surface area contributed by atoms with E-state index in [4.69, 9.17) is 4.74 Å². The number of ether oxygens (including phenoxy) is 1. The molecule has 0 unspecified atom stereocenters. The van der Waals surface area contributed by atoms with Gasteiger partial charge in [-0.2, -0.15) is 0 Å². The molecular weight excluding hydrogens is 276 g/mol. The van der Waals surface area contributed by atoms with Crippen molar-refractivity contribution in [1.29, 1.82) is 0 Å². The standard InChI is InChI=1S/C16H11F2NO2/c1-21-10-3-4-11(14(18)7-10)16(20)13-8-19-15-5-2-9(17)6-12(13)15/h2-8,19H,1H3. The Morgan fingerprint density at radius 1 is 1.10 bits per heavy atom. The largest absolute Gasteiger partial charge is 0.497 e. The Hall–Kier alpha value is -2.69. The molecule has 1 heterocycles. The highest BCUT2D eigenvalue weighted by molar-refractivity contribution is 6.16. The van der Waals surface area contributed by atoms with Gasteiger partial charge in [0.05, 0.1) is 12.7 Å². The van der Waals surface area contributed by atoms with Gasteiger partial charge < -0.3 is 9.72 Å². The van der Waals surface area contributed by atoms with E-state index in [0.29, 0.717) is 16.7 Å². The van der Waals surface area contributed by atoms with Crippen molar-refractivity contribution in [3.8, 4) is 5.75 Å². The van der Waals surface area contributed by atoms with E-state index in [1.807, 2.05) is 0 Å². The third kappa shape index (κ3) is 2.27. The molecule has 5 heteroatoms. The van der Waals surface area contributed by atoms with Crippen LogP contribution in [0.1, 0.15) is 15.9 Å². The number of methoxy groups -OCH3 is 1. The SMILES string of the molecule is COc1ccc(C(=O)c2c[nH]c3ccc(F)cc23)c(F)c1. The van der Waals surface area contributed by atoms with Gasteiger partial charge in [-0.25, -0.2) is 8.78 Å². The lowest BCUT2D eigenvalue weighted by molar-refractivity contribution is 0.103. The topological polar surface area (TPSA) is 42.1 Å². The summed E-state index contributed by atoms with van der Waals surface area (Å²) in [5, 5.41) is 0.426. The molecule has 0 bridgehead atoms. The second-order valence-corrected chi connectivity index (χ2v) is 4.57. The molecule has 0 aliphatic heterocycles. The normalized spacial score (nSPS) is 10.8. The van der Waals surface area contributed by atoms with Gasteiger partial charge >= 0.3 is 0 Å². The van der Waals surface area contributed by atoms with E-state index in [1.54, 1.807) is 0 Å². The molecule has 0 saturated carbocycles. The van der Waals surface area contributed by atoms with Crippen molar-refractivity contribution in [2.24, 2.45) is 0 Å². The fourth-order valence-electron chi connectivity index (χ4n) is 2.23. The minimum atomic E-state index is -0.676. The highest BCUT2D eigenvalue weighted by atomic mass is 19.1. The first-order valence-electron chi connectivity index (χ1n) is 6.25. The Labute approximate surface area is 119 Å². The smallest absolute Gasteiger partial charge is 0.198 e. The summed E-state index contributed by atoms with van der Waals surface area (Å²) in [6, 6.07) is 8.08. The average Bonchev–Trinajstić information content (AvgIpc) is 2.89. The van der Waals surface area contributed by atoms with Crippen molar-refractivity contribution in [2.75, 3.05) is 7.11 Å². The number of benzene rings is 2. The molecule has 0 saturated heterocycles. The van der Waals surface area contributed by atoms with Crippen LogP contribution in [0, 0.1) is 11.6 Å². The third-order valence-corrected chi connectivity index (χ3v) is 3.31. The zero-order valence-electron chi connectivity index (χ0n) is 11.1. The fourth-order valence-corrected chi connectivity index (χ4v) is 2.23. The molecule has 0 atom stereocenters. The Bertz CT molecular complexity index is 839. The van der Waals surface area contributed by atoms with E-state index >= 15 is 0 Å². The summed E-state index contributed by atoms with van der Waals surface area (Å²) in [5.41, 5.74) is 0.767. The minimum absolute atomic E-state index is 0.0824. The number of carbonyl (C=O) groups excluding carboxylic acids is 1. The van der Waals surface area contributed by atoms with Crippen LogP contribution in [-0.4, -0.2) is 17.9 Å². The van der Waals surface area contributed by atoms with Crippen LogP contribution in [0.15, 0.2) is 42.6 Å². The zero-order chi connectivity index (χ0) is 15.0. The maximum absolute atomic E-state index is 14.0. The van der Waals surface area contributed by atoms with E-state index in [9.17, 15) is 13.6 Å². The Balaban J connectivity index is 2.10. The van der Waals surface area contributed by atoms with Crippen LogP contribution in [0.4, 0.5) is 8.78 Å². The second kappa shape index (κ2) is 5.01. The number of rotatable bonds is 3. The molecule has 1 N–H and O–H groups in total. The van der Waals surface area contributed by atoms with Crippen molar-refractivity contribution >= 4 is 16.7 Å². The van der Waals surface area contributed by atoms with Crippen LogP contribution in [0.3, 0.4) is 0 Å². The van der Waals surface area contributed by atoms with Crippen LogP contribution >= 0.6 is 0 Å². The molecule has 0 spiro atoms. The Kier molecular flexibility index (Phi) is 3.17. The summed E-state index contributed by atoms with van der Waals surface area (Å²) in [7, 11) is 1.42. The lowest BCUT2D eigenvalue weighted by Gasteiger charge is -2.04. The molecule has 0 aliphatic carbocycles. The predicted molar refractivity (Wildman–Crippen MR) is 74.6 cm³/mol.